The van der Waals surface area contributed by atoms with Gasteiger partial charge in [-0.25, -0.2) is 4.39 Å². The van der Waals surface area contributed by atoms with E-state index < -0.39 is 5.82 Å². The van der Waals surface area contributed by atoms with E-state index in [0.717, 1.165) is 17.3 Å². The molecule has 0 aromatic heterocycles. The van der Waals surface area contributed by atoms with Crippen LogP contribution in [0.1, 0.15) is 15.9 Å². The van der Waals surface area contributed by atoms with Crippen molar-refractivity contribution in [1.29, 1.82) is 0 Å². The van der Waals surface area contributed by atoms with Crippen LogP contribution in [0.5, 0.6) is 0 Å². The summed E-state index contributed by atoms with van der Waals surface area (Å²) in [5.41, 5.74) is 4.93. The maximum absolute atomic E-state index is 12.9. The summed E-state index contributed by atoms with van der Waals surface area (Å²) in [4.78, 5) is 12.1. The van der Waals surface area contributed by atoms with Crippen LogP contribution in [0.25, 0.3) is 0 Å². The third kappa shape index (κ3) is 3.07. The SMILES string of the molecule is Cc1cc(C(=O)Nc2ccc(F)cc2Cl)ccc1NN. The molecule has 0 radical (unpaired) electrons. The van der Waals surface area contributed by atoms with Crippen LogP contribution in [0.15, 0.2) is 36.4 Å². The Morgan fingerprint density at radius 3 is 2.50 bits per heavy atom. The molecule has 2 aromatic rings. The van der Waals surface area contributed by atoms with Crippen LogP contribution in [-0.4, -0.2) is 5.91 Å². The standard InChI is InChI=1S/C14H13ClFN3O/c1-8-6-9(2-4-12(8)19-17)14(20)18-13-5-3-10(16)7-11(13)15/h2-7,19H,17H2,1H3,(H,18,20). The Hall–Kier alpha value is -2.11. The van der Waals surface area contributed by atoms with Crippen molar-refractivity contribution in [3.63, 3.8) is 0 Å². The van der Waals surface area contributed by atoms with Crippen molar-refractivity contribution in [2.75, 3.05) is 10.7 Å². The fourth-order valence-electron chi connectivity index (χ4n) is 1.75. The maximum atomic E-state index is 12.9. The molecule has 20 heavy (non-hydrogen) atoms. The number of hydrogen-bond acceptors (Lipinski definition) is 3. The molecule has 0 saturated heterocycles. The minimum Gasteiger partial charge on any atom is -0.324 e. The predicted molar refractivity (Wildman–Crippen MR) is 78.4 cm³/mol. The molecular weight excluding hydrogens is 281 g/mol. The lowest BCUT2D eigenvalue weighted by molar-refractivity contribution is 0.102. The number of rotatable bonds is 3. The van der Waals surface area contributed by atoms with Crippen LogP contribution in [0.3, 0.4) is 0 Å². The number of amides is 1. The number of halogens is 2. The van der Waals surface area contributed by atoms with E-state index in [1.807, 2.05) is 6.92 Å². The van der Waals surface area contributed by atoms with Gasteiger partial charge in [0.15, 0.2) is 0 Å². The number of anilines is 2. The highest BCUT2D eigenvalue weighted by Gasteiger charge is 2.10. The van der Waals surface area contributed by atoms with Crippen LogP contribution in [0.2, 0.25) is 5.02 Å². The molecule has 4 nitrogen and oxygen atoms in total. The van der Waals surface area contributed by atoms with Gasteiger partial charge >= 0.3 is 0 Å². The zero-order chi connectivity index (χ0) is 14.7. The van der Waals surface area contributed by atoms with E-state index >= 15 is 0 Å². The van der Waals surface area contributed by atoms with E-state index in [-0.39, 0.29) is 10.9 Å². The molecule has 0 aliphatic carbocycles. The van der Waals surface area contributed by atoms with Crippen molar-refractivity contribution < 1.29 is 9.18 Å². The van der Waals surface area contributed by atoms with Gasteiger partial charge in [-0.1, -0.05) is 11.6 Å². The van der Waals surface area contributed by atoms with Crippen molar-refractivity contribution in [2.45, 2.75) is 6.92 Å². The Morgan fingerprint density at radius 1 is 1.20 bits per heavy atom. The van der Waals surface area contributed by atoms with Crippen molar-refractivity contribution in [3.8, 4) is 0 Å². The lowest BCUT2D eigenvalue weighted by Gasteiger charge is -2.09. The Labute approximate surface area is 120 Å². The third-order valence-electron chi connectivity index (χ3n) is 2.82. The van der Waals surface area contributed by atoms with Crippen LogP contribution < -0.4 is 16.6 Å². The van der Waals surface area contributed by atoms with Gasteiger partial charge in [0.2, 0.25) is 0 Å². The predicted octanol–water partition coefficient (Wildman–Crippen LogP) is 3.33. The van der Waals surface area contributed by atoms with E-state index in [0.29, 0.717) is 11.3 Å². The van der Waals surface area contributed by atoms with Crippen LogP contribution >= 0.6 is 11.6 Å². The highest BCUT2D eigenvalue weighted by molar-refractivity contribution is 6.33. The summed E-state index contributed by atoms with van der Waals surface area (Å²) in [6.45, 7) is 1.83. The minimum absolute atomic E-state index is 0.148. The zero-order valence-electron chi connectivity index (χ0n) is 10.7. The first-order valence-corrected chi connectivity index (χ1v) is 6.22. The van der Waals surface area contributed by atoms with Gasteiger partial charge in [-0.2, -0.15) is 0 Å². The quantitative estimate of drug-likeness (QED) is 0.601. The number of benzene rings is 2. The normalized spacial score (nSPS) is 10.2. The average Bonchev–Trinajstić information content (AvgIpc) is 2.41. The van der Waals surface area contributed by atoms with Crippen LogP contribution in [-0.2, 0) is 0 Å². The second-order valence-corrected chi connectivity index (χ2v) is 4.66. The molecule has 1 amide bonds. The second-order valence-electron chi connectivity index (χ2n) is 4.25. The van der Waals surface area contributed by atoms with E-state index in [4.69, 9.17) is 17.4 Å². The fraction of sp³-hybridized carbons (Fsp3) is 0.0714. The number of nitrogen functional groups attached to an aromatic ring is 1. The van der Waals surface area contributed by atoms with Gasteiger partial charge in [0.25, 0.3) is 5.91 Å². The van der Waals surface area contributed by atoms with Crippen molar-refractivity contribution >= 4 is 28.9 Å². The summed E-state index contributed by atoms with van der Waals surface area (Å²) in [5.74, 6) is 4.55. The Bertz CT molecular complexity index is 661. The van der Waals surface area contributed by atoms with Gasteiger partial charge in [-0.15, -0.1) is 0 Å². The van der Waals surface area contributed by atoms with Gasteiger partial charge in [0, 0.05) is 5.56 Å². The zero-order valence-corrected chi connectivity index (χ0v) is 11.5. The summed E-state index contributed by atoms with van der Waals surface area (Å²) >= 11 is 5.86. The molecule has 2 rings (SSSR count). The molecule has 0 bridgehead atoms. The lowest BCUT2D eigenvalue weighted by atomic mass is 10.1. The third-order valence-corrected chi connectivity index (χ3v) is 3.14. The lowest BCUT2D eigenvalue weighted by Crippen LogP contribution is -2.14. The first kappa shape index (κ1) is 14.3. The summed E-state index contributed by atoms with van der Waals surface area (Å²) in [6.07, 6.45) is 0. The highest BCUT2D eigenvalue weighted by Crippen LogP contribution is 2.23. The van der Waals surface area contributed by atoms with Gasteiger partial charge in [-0.05, 0) is 48.9 Å². The van der Waals surface area contributed by atoms with Crippen LogP contribution in [0, 0.1) is 12.7 Å². The molecule has 0 unspecified atom stereocenters. The fourth-order valence-corrected chi connectivity index (χ4v) is 1.97. The second kappa shape index (κ2) is 5.90. The van der Waals surface area contributed by atoms with Crippen LogP contribution in [0.4, 0.5) is 15.8 Å². The first-order chi connectivity index (χ1) is 9.51. The summed E-state index contributed by atoms with van der Waals surface area (Å²) in [7, 11) is 0. The van der Waals surface area contributed by atoms with Crippen molar-refractivity contribution in [2.24, 2.45) is 5.84 Å². The van der Waals surface area contributed by atoms with E-state index in [9.17, 15) is 9.18 Å². The molecule has 2 aromatic carbocycles. The molecule has 0 aliphatic heterocycles. The smallest absolute Gasteiger partial charge is 0.255 e. The average molecular weight is 294 g/mol. The molecule has 0 spiro atoms. The summed E-state index contributed by atoms with van der Waals surface area (Å²) < 4.78 is 12.9. The largest absolute Gasteiger partial charge is 0.324 e. The summed E-state index contributed by atoms with van der Waals surface area (Å²) in [6, 6.07) is 8.82. The Morgan fingerprint density at radius 2 is 1.90 bits per heavy atom. The molecule has 104 valence electrons. The highest BCUT2D eigenvalue weighted by atomic mass is 35.5. The van der Waals surface area contributed by atoms with Gasteiger partial charge in [0.05, 0.1) is 16.4 Å². The molecule has 0 fully saturated rings. The number of hydrogen-bond donors (Lipinski definition) is 3. The van der Waals surface area contributed by atoms with E-state index in [1.165, 1.54) is 12.1 Å². The molecule has 0 atom stereocenters. The molecule has 0 aliphatic rings. The number of carbonyl (C=O) groups excluding carboxylic acids is 1. The van der Waals surface area contributed by atoms with Gasteiger partial charge in [-0.3, -0.25) is 10.6 Å². The molecular formula is C14H13ClFN3O. The molecule has 0 saturated carbocycles. The maximum Gasteiger partial charge on any atom is 0.255 e. The minimum atomic E-state index is -0.456. The molecule has 4 N–H and O–H groups in total. The number of carbonyl (C=O) groups is 1. The Balaban J connectivity index is 2.21. The van der Waals surface area contributed by atoms with E-state index in [1.54, 1.807) is 18.2 Å². The van der Waals surface area contributed by atoms with Crippen molar-refractivity contribution in [1.82, 2.24) is 0 Å². The van der Waals surface area contributed by atoms with Gasteiger partial charge < -0.3 is 10.7 Å². The first-order valence-electron chi connectivity index (χ1n) is 5.85. The number of nitrogens with two attached hydrogens (primary N) is 1. The van der Waals surface area contributed by atoms with E-state index in [2.05, 4.69) is 10.7 Å². The molecule has 6 heteroatoms. The van der Waals surface area contributed by atoms with Gasteiger partial charge in [0.1, 0.15) is 5.82 Å². The number of hydrazine groups is 1. The topological polar surface area (TPSA) is 67.2 Å². The van der Waals surface area contributed by atoms with Crippen molar-refractivity contribution in [3.05, 3.63) is 58.4 Å². The number of aryl methyl sites for hydroxylation is 1. The molecule has 0 heterocycles. The Kier molecular flexibility index (Phi) is 4.22. The monoisotopic (exact) mass is 293 g/mol. The number of nitrogens with one attached hydrogen (secondary N) is 2. The summed E-state index contributed by atoms with van der Waals surface area (Å²) in [5, 5.41) is 2.78.